The predicted octanol–water partition coefficient (Wildman–Crippen LogP) is -0.369. The zero-order valence-corrected chi connectivity index (χ0v) is 8.53. The summed E-state index contributed by atoms with van der Waals surface area (Å²) in [5, 5.41) is 12.3. The molecule has 6 nitrogen and oxygen atoms in total. The van der Waals surface area contributed by atoms with Crippen molar-refractivity contribution in [2.75, 3.05) is 5.75 Å². The number of hydrogen-bond donors (Lipinski definition) is 1. The summed E-state index contributed by atoms with van der Waals surface area (Å²) in [6, 6.07) is 0. The van der Waals surface area contributed by atoms with E-state index in [0.29, 0.717) is 12.4 Å². The highest BCUT2D eigenvalue weighted by Gasteiger charge is 2.10. The molecule has 1 rings (SSSR count). The van der Waals surface area contributed by atoms with Crippen LogP contribution in [-0.2, 0) is 27.9 Å². The van der Waals surface area contributed by atoms with Crippen molar-refractivity contribution < 1.29 is 14.1 Å². The number of aromatic nitrogens is 3. The fraction of sp³-hybridized carbons (Fsp3) is 0.571. The summed E-state index contributed by atoms with van der Waals surface area (Å²) < 4.78 is 12.8. The summed E-state index contributed by atoms with van der Waals surface area (Å²) in [4.78, 5) is 14.2. The second-order valence-corrected chi connectivity index (χ2v) is 4.07. The largest absolute Gasteiger partial charge is 0.481 e. The van der Waals surface area contributed by atoms with Crippen LogP contribution >= 0.6 is 0 Å². The molecule has 0 radical (unpaired) electrons. The molecule has 0 spiro atoms. The van der Waals surface area contributed by atoms with E-state index in [1.54, 1.807) is 4.68 Å². The molecule has 0 aliphatic rings. The normalized spacial score (nSPS) is 12.6. The Morgan fingerprint density at radius 1 is 1.71 bits per heavy atom. The quantitative estimate of drug-likeness (QED) is 0.727. The molecule has 1 unspecified atom stereocenters. The van der Waals surface area contributed by atoms with Crippen LogP contribution in [0.15, 0.2) is 6.33 Å². The lowest BCUT2D eigenvalue weighted by Crippen LogP contribution is -2.13. The van der Waals surface area contributed by atoms with Crippen molar-refractivity contribution in [3.8, 4) is 0 Å². The van der Waals surface area contributed by atoms with E-state index in [0.717, 1.165) is 0 Å². The van der Waals surface area contributed by atoms with E-state index in [1.165, 1.54) is 6.33 Å². The van der Waals surface area contributed by atoms with Crippen LogP contribution in [0.5, 0.6) is 0 Å². The molecule has 78 valence electrons. The molecule has 1 atom stereocenters. The van der Waals surface area contributed by atoms with Crippen LogP contribution in [-0.4, -0.2) is 35.8 Å². The Morgan fingerprint density at radius 2 is 2.43 bits per heavy atom. The molecule has 1 aromatic rings. The van der Waals surface area contributed by atoms with Gasteiger partial charge < -0.3 is 5.11 Å². The molecule has 0 fully saturated rings. The van der Waals surface area contributed by atoms with Crippen molar-refractivity contribution >= 4 is 16.8 Å². The van der Waals surface area contributed by atoms with Crippen molar-refractivity contribution in [3.63, 3.8) is 0 Å². The lowest BCUT2D eigenvalue weighted by Gasteiger charge is -2.01. The molecule has 0 saturated heterocycles. The molecular formula is C7H11N3O3S. The third kappa shape index (κ3) is 2.91. The van der Waals surface area contributed by atoms with Gasteiger partial charge in [-0.2, -0.15) is 5.10 Å². The molecule has 1 aromatic heterocycles. The minimum absolute atomic E-state index is 0.139. The molecule has 1 heterocycles. The number of hydrogen-bond acceptors (Lipinski definition) is 4. The summed E-state index contributed by atoms with van der Waals surface area (Å²) in [7, 11) is -1.41. The van der Waals surface area contributed by atoms with Crippen LogP contribution in [0.2, 0.25) is 0 Å². The van der Waals surface area contributed by atoms with Gasteiger partial charge in [0.25, 0.3) is 0 Å². The molecule has 0 aromatic carbocycles. The molecule has 0 aliphatic carbocycles. The minimum atomic E-state index is -1.41. The number of nitrogens with zero attached hydrogens (tertiary/aromatic N) is 3. The lowest BCUT2D eigenvalue weighted by atomic mass is 10.6. The Hall–Kier alpha value is -1.24. The molecule has 7 heteroatoms. The van der Waals surface area contributed by atoms with Gasteiger partial charge in [-0.1, -0.05) is 0 Å². The average Bonchev–Trinajstić information content (AvgIpc) is 2.50. The summed E-state index contributed by atoms with van der Waals surface area (Å²) >= 11 is 0. The van der Waals surface area contributed by atoms with Gasteiger partial charge >= 0.3 is 5.97 Å². The van der Waals surface area contributed by atoms with Crippen LogP contribution in [0.1, 0.15) is 12.7 Å². The lowest BCUT2D eigenvalue weighted by molar-refractivity contribution is -0.133. The van der Waals surface area contributed by atoms with Gasteiger partial charge in [0, 0.05) is 17.3 Å². The molecular weight excluding hydrogens is 206 g/mol. The Bertz CT molecular complexity index is 350. The van der Waals surface area contributed by atoms with E-state index < -0.39 is 16.8 Å². The first kappa shape index (κ1) is 10.8. The first-order chi connectivity index (χ1) is 6.63. The zero-order chi connectivity index (χ0) is 10.6. The van der Waals surface area contributed by atoms with Gasteiger partial charge in [-0.25, -0.2) is 9.67 Å². The Balaban J connectivity index is 2.60. The van der Waals surface area contributed by atoms with Crippen LogP contribution in [0.4, 0.5) is 0 Å². The van der Waals surface area contributed by atoms with Crippen LogP contribution < -0.4 is 0 Å². The van der Waals surface area contributed by atoms with Gasteiger partial charge in [-0.3, -0.25) is 9.00 Å². The number of carbonyl (C=O) groups is 1. The van der Waals surface area contributed by atoms with Crippen molar-refractivity contribution in [2.24, 2.45) is 0 Å². The number of aliphatic carboxylic acids is 1. The maximum atomic E-state index is 11.2. The summed E-state index contributed by atoms with van der Waals surface area (Å²) in [6.45, 7) is 2.53. The predicted molar refractivity (Wildman–Crippen MR) is 50.0 cm³/mol. The number of aryl methyl sites for hydroxylation is 1. The van der Waals surface area contributed by atoms with Gasteiger partial charge in [0.1, 0.15) is 17.9 Å². The smallest absolute Gasteiger partial charge is 0.316 e. The van der Waals surface area contributed by atoms with Gasteiger partial charge in [0.05, 0.1) is 5.75 Å². The van der Waals surface area contributed by atoms with E-state index in [9.17, 15) is 9.00 Å². The van der Waals surface area contributed by atoms with E-state index in [4.69, 9.17) is 5.11 Å². The second kappa shape index (κ2) is 4.85. The third-order valence-electron chi connectivity index (χ3n) is 1.57. The minimum Gasteiger partial charge on any atom is -0.481 e. The van der Waals surface area contributed by atoms with Crippen LogP contribution in [0, 0.1) is 0 Å². The van der Waals surface area contributed by atoms with Crippen molar-refractivity contribution in [3.05, 3.63) is 12.2 Å². The maximum absolute atomic E-state index is 11.2. The first-order valence-corrected chi connectivity index (χ1v) is 5.55. The van der Waals surface area contributed by atoms with Gasteiger partial charge in [0.2, 0.25) is 0 Å². The molecule has 0 saturated carbocycles. The molecule has 14 heavy (non-hydrogen) atoms. The van der Waals surface area contributed by atoms with Crippen molar-refractivity contribution in [1.29, 1.82) is 0 Å². The summed E-state index contributed by atoms with van der Waals surface area (Å²) in [6.07, 6.45) is 1.37. The number of carboxylic acids is 1. The average molecular weight is 217 g/mol. The van der Waals surface area contributed by atoms with E-state index >= 15 is 0 Å². The maximum Gasteiger partial charge on any atom is 0.316 e. The fourth-order valence-electron chi connectivity index (χ4n) is 0.997. The van der Waals surface area contributed by atoms with Crippen LogP contribution in [0.3, 0.4) is 0 Å². The number of carboxylic acid groups (broad SMARTS) is 1. The summed E-state index contributed by atoms with van der Waals surface area (Å²) in [5.74, 6) is -0.713. The molecule has 0 amide bonds. The standard InChI is InChI=1S/C7H11N3O3S/c1-2-10-6(8-5-9-10)3-14(13)4-7(11)12/h5H,2-4H2,1H3,(H,11,12). The fourth-order valence-corrected chi connectivity index (χ4v) is 1.89. The van der Waals surface area contributed by atoms with Crippen molar-refractivity contribution in [2.45, 2.75) is 19.2 Å². The van der Waals surface area contributed by atoms with Crippen molar-refractivity contribution in [1.82, 2.24) is 14.8 Å². The zero-order valence-electron chi connectivity index (χ0n) is 7.71. The van der Waals surface area contributed by atoms with Gasteiger partial charge in [-0.05, 0) is 6.92 Å². The van der Waals surface area contributed by atoms with E-state index in [1.807, 2.05) is 6.92 Å². The Labute approximate surface area is 83.4 Å². The van der Waals surface area contributed by atoms with E-state index in [-0.39, 0.29) is 11.5 Å². The summed E-state index contributed by atoms with van der Waals surface area (Å²) in [5.41, 5.74) is 0. The SMILES string of the molecule is CCn1ncnc1CS(=O)CC(=O)O. The first-order valence-electron chi connectivity index (χ1n) is 4.07. The number of rotatable bonds is 5. The Kier molecular flexibility index (Phi) is 3.75. The van der Waals surface area contributed by atoms with E-state index in [2.05, 4.69) is 10.1 Å². The highest BCUT2D eigenvalue weighted by Crippen LogP contribution is 1.99. The monoisotopic (exact) mass is 217 g/mol. The molecule has 0 bridgehead atoms. The topological polar surface area (TPSA) is 85.1 Å². The third-order valence-corrected chi connectivity index (χ3v) is 2.72. The second-order valence-electron chi connectivity index (χ2n) is 2.61. The molecule has 0 aliphatic heterocycles. The van der Waals surface area contributed by atoms with Gasteiger partial charge in [-0.15, -0.1) is 0 Å². The van der Waals surface area contributed by atoms with Crippen LogP contribution in [0.25, 0.3) is 0 Å². The molecule has 1 N–H and O–H groups in total. The highest BCUT2D eigenvalue weighted by atomic mass is 32.2. The van der Waals surface area contributed by atoms with Gasteiger partial charge in [0.15, 0.2) is 0 Å². The highest BCUT2D eigenvalue weighted by molar-refractivity contribution is 7.84. The Morgan fingerprint density at radius 3 is 3.00 bits per heavy atom.